The summed E-state index contributed by atoms with van der Waals surface area (Å²) in [6, 6.07) is 0.498. The van der Waals surface area contributed by atoms with Crippen LogP contribution in [0.2, 0.25) is 5.28 Å². The second kappa shape index (κ2) is 5.67. The van der Waals surface area contributed by atoms with Crippen molar-refractivity contribution in [3.05, 3.63) is 5.28 Å². The molecule has 2 heterocycles. The van der Waals surface area contributed by atoms with Crippen molar-refractivity contribution in [3.63, 3.8) is 0 Å². The van der Waals surface area contributed by atoms with Crippen LogP contribution in [0, 0.1) is 0 Å². The number of likely N-dealkylation sites (N-methyl/N-ethyl adjacent to an activating group) is 1. The second-order valence-corrected chi connectivity index (χ2v) is 4.74. The molecule has 1 aromatic rings. The average molecular weight is 271 g/mol. The SMILES string of the molecule is CCN1CCN(c2nc(Cl)nc(NC)n2)CC1C. The first-order chi connectivity index (χ1) is 8.63. The summed E-state index contributed by atoms with van der Waals surface area (Å²) in [5.74, 6) is 1.16. The fourth-order valence-electron chi connectivity index (χ4n) is 2.24. The molecule has 0 bridgehead atoms. The molecular weight excluding hydrogens is 252 g/mol. The van der Waals surface area contributed by atoms with E-state index in [-0.39, 0.29) is 5.28 Å². The predicted octanol–water partition coefficient (Wildman–Crippen LogP) is 1.10. The Morgan fingerprint density at radius 3 is 2.72 bits per heavy atom. The van der Waals surface area contributed by atoms with E-state index in [4.69, 9.17) is 11.6 Å². The molecule has 1 unspecified atom stereocenters. The number of piperazine rings is 1. The van der Waals surface area contributed by atoms with Crippen LogP contribution in [0.1, 0.15) is 13.8 Å². The van der Waals surface area contributed by atoms with Crippen LogP contribution in [0.3, 0.4) is 0 Å². The highest BCUT2D eigenvalue weighted by Crippen LogP contribution is 2.17. The monoisotopic (exact) mass is 270 g/mol. The first-order valence-electron chi connectivity index (χ1n) is 6.22. The number of rotatable bonds is 3. The Balaban J connectivity index is 2.15. The molecule has 0 radical (unpaired) electrons. The number of nitrogens with zero attached hydrogens (tertiary/aromatic N) is 5. The molecule has 0 aromatic carbocycles. The van der Waals surface area contributed by atoms with Crippen molar-refractivity contribution >= 4 is 23.5 Å². The topological polar surface area (TPSA) is 57.2 Å². The molecular formula is C11H19ClN6. The van der Waals surface area contributed by atoms with Gasteiger partial charge in [0.2, 0.25) is 17.2 Å². The summed E-state index contributed by atoms with van der Waals surface area (Å²) in [6.45, 7) is 8.34. The Labute approximate surface area is 112 Å². The van der Waals surface area contributed by atoms with Gasteiger partial charge in [0.1, 0.15) is 0 Å². The number of nitrogens with one attached hydrogen (secondary N) is 1. The van der Waals surface area contributed by atoms with Gasteiger partial charge in [-0.25, -0.2) is 0 Å². The van der Waals surface area contributed by atoms with E-state index in [9.17, 15) is 0 Å². The first kappa shape index (κ1) is 13.3. The Kier molecular flexibility index (Phi) is 4.19. The molecule has 1 aliphatic heterocycles. The fourth-order valence-corrected chi connectivity index (χ4v) is 2.40. The third kappa shape index (κ3) is 2.81. The lowest BCUT2D eigenvalue weighted by Gasteiger charge is -2.39. The van der Waals surface area contributed by atoms with Gasteiger partial charge in [0, 0.05) is 32.7 Å². The van der Waals surface area contributed by atoms with Crippen molar-refractivity contribution in [1.82, 2.24) is 19.9 Å². The molecule has 1 aromatic heterocycles. The fraction of sp³-hybridized carbons (Fsp3) is 0.727. The zero-order chi connectivity index (χ0) is 13.1. The average Bonchev–Trinajstić information content (AvgIpc) is 2.37. The molecule has 1 N–H and O–H groups in total. The third-order valence-corrected chi connectivity index (χ3v) is 3.44. The van der Waals surface area contributed by atoms with Gasteiger partial charge in [0.15, 0.2) is 0 Å². The number of halogens is 1. The van der Waals surface area contributed by atoms with Crippen LogP contribution in [0.5, 0.6) is 0 Å². The Morgan fingerprint density at radius 1 is 1.33 bits per heavy atom. The minimum Gasteiger partial charge on any atom is -0.357 e. The Morgan fingerprint density at radius 2 is 2.11 bits per heavy atom. The molecule has 1 saturated heterocycles. The molecule has 0 amide bonds. The molecule has 7 heteroatoms. The maximum atomic E-state index is 5.90. The minimum absolute atomic E-state index is 0.231. The summed E-state index contributed by atoms with van der Waals surface area (Å²) in [4.78, 5) is 17.1. The van der Waals surface area contributed by atoms with E-state index >= 15 is 0 Å². The van der Waals surface area contributed by atoms with Crippen LogP contribution in [0.25, 0.3) is 0 Å². The zero-order valence-electron chi connectivity index (χ0n) is 11.0. The van der Waals surface area contributed by atoms with Gasteiger partial charge in [-0.1, -0.05) is 6.92 Å². The lowest BCUT2D eigenvalue weighted by Crippen LogP contribution is -2.52. The van der Waals surface area contributed by atoms with Crippen LogP contribution in [-0.2, 0) is 0 Å². The van der Waals surface area contributed by atoms with Gasteiger partial charge in [-0.05, 0) is 25.1 Å². The molecule has 1 atom stereocenters. The van der Waals surface area contributed by atoms with Crippen LogP contribution in [0.15, 0.2) is 0 Å². The van der Waals surface area contributed by atoms with Crippen molar-refractivity contribution < 1.29 is 0 Å². The van der Waals surface area contributed by atoms with Crippen LogP contribution in [-0.4, -0.2) is 59.1 Å². The highest BCUT2D eigenvalue weighted by molar-refractivity contribution is 6.28. The summed E-state index contributed by atoms with van der Waals surface area (Å²) in [7, 11) is 1.77. The molecule has 1 fully saturated rings. The van der Waals surface area contributed by atoms with E-state index in [0.29, 0.717) is 17.9 Å². The summed E-state index contributed by atoms with van der Waals surface area (Å²) >= 11 is 5.90. The third-order valence-electron chi connectivity index (χ3n) is 3.27. The Hall–Kier alpha value is -1.14. The quantitative estimate of drug-likeness (QED) is 0.888. The van der Waals surface area contributed by atoms with E-state index in [1.165, 1.54) is 0 Å². The summed E-state index contributed by atoms with van der Waals surface area (Å²) in [5.41, 5.74) is 0. The maximum absolute atomic E-state index is 5.90. The molecule has 2 rings (SSSR count). The number of anilines is 2. The highest BCUT2D eigenvalue weighted by atomic mass is 35.5. The van der Waals surface area contributed by atoms with Crippen molar-refractivity contribution in [3.8, 4) is 0 Å². The van der Waals surface area contributed by atoms with Gasteiger partial charge in [0.25, 0.3) is 0 Å². The first-order valence-corrected chi connectivity index (χ1v) is 6.60. The van der Waals surface area contributed by atoms with Crippen molar-refractivity contribution in [2.45, 2.75) is 19.9 Å². The molecule has 0 saturated carbocycles. The van der Waals surface area contributed by atoms with E-state index in [0.717, 1.165) is 26.2 Å². The molecule has 18 heavy (non-hydrogen) atoms. The molecule has 6 nitrogen and oxygen atoms in total. The number of hydrogen-bond acceptors (Lipinski definition) is 6. The van der Waals surface area contributed by atoms with Crippen molar-refractivity contribution in [2.75, 3.05) is 43.4 Å². The smallest absolute Gasteiger partial charge is 0.231 e. The molecule has 100 valence electrons. The van der Waals surface area contributed by atoms with Crippen LogP contribution in [0.4, 0.5) is 11.9 Å². The number of hydrogen-bond donors (Lipinski definition) is 1. The van der Waals surface area contributed by atoms with Gasteiger partial charge in [-0.15, -0.1) is 0 Å². The largest absolute Gasteiger partial charge is 0.357 e. The van der Waals surface area contributed by atoms with Crippen LogP contribution >= 0.6 is 11.6 Å². The molecule has 0 spiro atoms. The predicted molar refractivity (Wildman–Crippen MR) is 73.3 cm³/mol. The van der Waals surface area contributed by atoms with Gasteiger partial charge in [-0.3, -0.25) is 4.90 Å². The Bertz CT molecular complexity index is 413. The van der Waals surface area contributed by atoms with E-state index in [1.54, 1.807) is 7.05 Å². The van der Waals surface area contributed by atoms with Gasteiger partial charge in [-0.2, -0.15) is 15.0 Å². The van der Waals surface area contributed by atoms with Gasteiger partial charge < -0.3 is 10.2 Å². The molecule has 1 aliphatic rings. The van der Waals surface area contributed by atoms with E-state index in [2.05, 4.69) is 43.9 Å². The summed E-state index contributed by atoms with van der Waals surface area (Å²) in [5, 5.41) is 3.13. The lowest BCUT2D eigenvalue weighted by atomic mass is 10.2. The summed E-state index contributed by atoms with van der Waals surface area (Å²) in [6.07, 6.45) is 0. The second-order valence-electron chi connectivity index (χ2n) is 4.40. The van der Waals surface area contributed by atoms with Crippen molar-refractivity contribution in [2.24, 2.45) is 0 Å². The number of aromatic nitrogens is 3. The lowest BCUT2D eigenvalue weighted by molar-refractivity contribution is 0.198. The molecule has 0 aliphatic carbocycles. The van der Waals surface area contributed by atoms with Gasteiger partial charge >= 0.3 is 0 Å². The van der Waals surface area contributed by atoms with E-state index < -0.39 is 0 Å². The maximum Gasteiger partial charge on any atom is 0.231 e. The summed E-state index contributed by atoms with van der Waals surface area (Å²) < 4.78 is 0. The van der Waals surface area contributed by atoms with Crippen LogP contribution < -0.4 is 10.2 Å². The van der Waals surface area contributed by atoms with Crippen molar-refractivity contribution in [1.29, 1.82) is 0 Å². The van der Waals surface area contributed by atoms with Gasteiger partial charge in [0.05, 0.1) is 0 Å². The standard InChI is InChI=1S/C11H19ClN6/c1-4-17-5-6-18(7-8(17)2)11-15-9(12)14-10(13-3)16-11/h8H,4-7H2,1-3H3,(H,13,14,15,16). The van der Waals surface area contributed by atoms with E-state index in [1.807, 2.05) is 0 Å². The zero-order valence-corrected chi connectivity index (χ0v) is 11.8. The highest BCUT2D eigenvalue weighted by Gasteiger charge is 2.24. The normalized spacial score (nSPS) is 21.1. The minimum atomic E-state index is 0.231.